The average Bonchev–Trinajstić information content (AvgIpc) is 3.07. The first kappa shape index (κ1) is 12.4. The van der Waals surface area contributed by atoms with E-state index in [2.05, 4.69) is 15.3 Å². The van der Waals surface area contributed by atoms with Gasteiger partial charge in [-0.25, -0.2) is 0 Å². The molecule has 0 radical (unpaired) electrons. The Balaban J connectivity index is 1.49. The van der Waals surface area contributed by atoms with Gasteiger partial charge in [-0.2, -0.15) is 5.10 Å². The molecule has 2 saturated carbocycles. The van der Waals surface area contributed by atoms with E-state index in [4.69, 9.17) is 0 Å². The number of carbonyl (C=O) groups excluding carboxylic acids is 1. The molecule has 0 bridgehead atoms. The van der Waals surface area contributed by atoms with Gasteiger partial charge in [-0.1, -0.05) is 6.42 Å². The van der Waals surface area contributed by atoms with E-state index in [-0.39, 0.29) is 11.9 Å². The van der Waals surface area contributed by atoms with E-state index < -0.39 is 0 Å². The third-order valence-electron chi connectivity index (χ3n) is 4.83. The molecule has 5 nitrogen and oxygen atoms in total. The van der Waals surface area contributed by atoms with Crippen molar-refractivity contribution in [2.45, 2.75) is 50.7 Å². The molecule has 2 aliphatic carbocycles. The van der Waals surface area contributed by atoms with Crippen LogP contribution in [0, 0.1) is 5.92 Å². The van der Waals surface area contributed by atoms with E-state index >= 15 is 0 Å². The lowest BCUT2D eigenvalue weighted by Crippen LogP contribution is -2.47. The lowest BCUT2D eigenvalue weighted by atomic mass is 9.85. The van der Waals surface area contributed by atoms with Crippen molar-refractivity contribution in [2.75, 3.05) is 13.1 Å². The molecule has 108 valence electrons. The molecule has 0 spiro atoms. The third-order valence-corrected chi connectivity index (χ3v) is 4.83. The Labute approximate surface area is 119 Å². The summed E-state index contributed by atoms with van der Waals surface area (Å²) in [4.78, 5) is 14.9. The molecule has 3 aliphatic rings. The zero-order valence-electron chi connectivity index (χ0n) is 11.8. The van der Waals surface area contributed by atoms with Crippen LogP contribution in [0.25, 0.3) is 0 Å². The zero-order valence-corrected chi connectivity index (χ0v) is 11.8. The number of rotatable bonds is 4. The quantitative estimate of drug-likeness (QED) is 0.901. The van der Waals surface area contributed by atoms with Gasteiger partial charge >= 0.3 is 0 Å². The normalized spacial score (nSPS) is 26.9. The predicted octanol–water partition coefficient (Wildman–Crippen LogP) is 1.32. The Morgan fingerprint density at radius 3 is 2.90 bits per heavy atom. The summed E-state index contributed by atoms with van der Waals surface area (Å²) in [5.41, 5.74) is 1.17. The smallest absolute Gasteiger partial charge is 0.246 e. The van der Waals surface area contributed by atoms with Crippen LogP contribution in [0.2, 0.25) is 0 Å². The van der Waals surface area contributed by atoms with Gasteiger partial charge in [0.1, 0.15) is 6.04 Å². The Hall–Kier alpha value is -1.36. The average molecular weight is 274 g/mol. The van der Waals surface area contributed by atoms with E-state index in [1.165, 1.54) is 25.0 Å². The van der Waals surface area contributed by atoms with Gasteiger partial charge in [0.25, 0.3) is 0 Å². The maximum atomic E-state index is 12.4. The highest BCUT2D eigenvalue weighted by atomic mass is 16.2. The van der Waals surface area contributed by atoms with Crippen LogP contribution in [0.5, 0.6) is 0 Å². The van der Waals surface area contributed by atoms with Crippen LogP contribution in [0.15, 0.2) is 12.3 Å². The van der Waals surface area contributed by atoms with Gasteiger partial charge in [0.2, 0.25) is 5.91 Å². The molecule has 1 aromatic rings. The summed E-state index contributed by atoms with van der Waals surface area (Å²) < 4.78 is 1.93. The molecule has 0 saturated heterocycles. The summed E-state index contributed by atoms with van der Waals surface area (Å²) in [5.74, 6) is 0.993. The largest absolute Gasteiger partial charge is 0.351 e. The second-order valence-electron chi connectivity index (χ2n) is 6.56. The van der Waals surface area contributed by atoms with Crippen LogP contribution in [0.3, 0.4) is 0 Å². The maximum Gasteiger partial charge on any atom is 0.246 e. The summed E-state index contributed by atoms with van der Waals surface area (Å²) in [6.07, 6.45) is 8.18. The first-order valence-corrected chi connectivity index (χ1v) is 7.85. The van der Waals surface area contributed by atoms with Gasteiger partial charge in [-0.15, -0.1) is 0 Å². The molecule has 0 aromatic carbocycles. The molecular formula is C15H22N4O. The van der Waals surface area contributed by atoms with Gasteiger partial charge in [0.15, 0.2) is 0 Å². The summed E-state index contributed by atoms with van der Waals surface area (Å²) >= 11 is 0. The Bertz CT molecular complexity index is 504. The van der Waals surface area contributed by atoms with Gasteiger partial charge in [0.05, 0.1) is 5.69 Å². The van der Waals surface area contributed by atoms with Crippen molar-refractivity contribution in [3.05, 3.63) is 18.0 Å². The number of nitrogens with zero attached hydrogens (tertiary/aromatic N) is 3. The topological polar surface area (TPSA) is 50.2 Å². The van der Waals surface area contributed by atoms with Gasteiger partial charge < -0.3 is 5.32 Å². The number of carbonyl (C=O) groups is 1. The van der Waals surface area contributed by atoms with Crippen molar-refractivity contribution >= 4 is 5.91 Å². The SMILES string of the molecule is O=C(NC1CC1)[C@H]1CN(CC2CCC2)Cc2ccnn21. The van der Waals surface area contributed by atoms with Gasteiger partial charge in [-0.05, 0) is 37.7 Å². The van der Waals surface area contributed by atoms with Crippen molar-refractivity contribution in [2.24, 2.45) is 5.92 Å². The van der Waals surface area contributed by atoms with E-state index in [9.17, 15) is 4.79 Å². The zero-order chi connectivity index (χ0) is 13.5. The van der Waals surface area contributed by atoms with E-state index in [0.717, 1.165) is 38.4 Å². The Kier molecular flexibility index (Phi) is 3.02. The van der Waals surface area contributed by atoms with Crippen molar-refractivity contribution in [3.8, 4) is 0 Å². The van der Waals surface area contributed by atoms with Gasteiger partial charge in [-0.3, -0.25) is 14.4 Å². The number of hydrogen-bond acceptors (Lipinski definition) is 3. The number of hydrogen-bond donors (Lipinski definition) is 1. The number of amides is 1. The van der Waals surface area contributed by atoms with E-state index in [1.807, 2.05) is 16.9 Å². The first-order chi connectivity index (χ1) is 9.79. The fourth-order valence-electron chi connectivity index (χ4n) is 3.26. The van der Waals surface area contributed by atoms with E-state index in [0.29, 0.717) is 6.04 Å². The molecule has 1 aromatic heterocycles. The fraction of sp³-hybridized carbons (Fsp3) is 0.733. The second kappa shape index (κ2) is 4.88. The maximum absolute atomic E-state index is 12.4. The molecule has 0 unspecified atom stereocenters. The van der Waals surface area contributed by atoms with Crippen LogP contribution in [0.4, 0.5) is 0 Å². The Morgan fingerprint density at radius 1 is 1.35 bits per heavy atom. The lowest BCUT2D eigenvalue weighted by Gasteiger charge is -2.37. The highest BCUT2D eigenvalue weighted by Gasteiger charge is 2.34. The standard InChI is InChI=1S/C15H22N4O/c20-15(17-12-4-5-12)14-10-18(8-11-2-1-3-11)9-13-6-7-16-19(13)14/h6-7,11-12,14H,1-5,8-10H2,(H,17,20)/t14-/m1/s1. The molecule has 1 aliphatic heterocycles. The van der Waals surface area contributed by atoms with Crippen molar-refractivity contribution in [1.82, 2.24) is 20.0 Å². The predicted molar refractivity (Wildman–Crippen MR) is 75.0 cm³/mol. The van der Waals surface area contributed by atoms with Crippen LogP contribution < -0.4 is 5.32 Å². The van der Waals surface area contributed by atoms with E-state index in [1.54, 1.807) is 0 Å². The molecule has 2 heterocycles. The third kappa shape index (κ3) is 2.35. The summed E-state index contributed by atoms with van der Waals surface area (Å²) in [6, 6.07) is 2.32. The number of aromatic nitrogens is 2. The van der Waals surface area contributed by atoms with Crippen LogP contribution in [0.1, 0.15) is 43.8 Å². The molecule has 20 heavy (non-hydrogen) atoms. The molecule has 4 rings (SSSR count). The second-order valence-corrected chi connectivity index (χ2v) is 6.56. The lowest BCUT2D eigenvalue weighted by molar-refractivity contribution is -0.126. The van der Waals surface area contributed by atoms with Crippen LogP contribution in [-0.2, 0) is 11.3 Å². The van der Waals surface area contributed by atoms with Crippen LogP contribution in [-0.4, -0.2) is 39.7 Å². The molecular weight excluding hydrogens is 252 g/mol. The van der Waals surface area contributed by atoms with Crippen molar-refractivity contribution in [1.29, 1.82) is 0 Å². The molecule has 1 atom stereocenters. The number of nitrogens with one attached hydrogen (secondary N) is 1. The minimum absolute atomic E-state index is 0.144. The minimum atomic E-state index is -0.144. The highest BCUT2D eigenvalue weighted by Crippen LogP contribution is 2.30. The molecule has 1 amide bonds. The molecule has 5 heteroatoms. The highest BCUT2D eigenvalue weighted by molar-refractivity contribution is 5.81. The summed E-state index contributed by atoms with van der Waals surface area (Å²) in [7, 11) is 0. The number of fused-ring (bicyclic) bond motifs is 1. The fourth-order valence-corrected chi connectivity index (χ4v) is 3.26. The summed E-state index contributed by atoms with van der Waals surface area (Å²) in [5, 5.41) is 7.49. The monoisotopic (exact) mass is 274 g/mol. The molecule has 1 N–H and O–H groups in total. The minimum Gasteiger partial charge on any atom is -0.351 e. The van der Waals surface area contributed by atoms with Crippen LogP contribution >= 0.6 is 0 Å². The first-order valence-electron chi connectivity index (χ1n) is 7.85. The Morgan fingerprint density at radius 2 is 2.20 bits per heavy atom. The van der Waals surface area contributed by atoms with Gasteiger partial charge in [0, 0.05) is 31.9 Å². The van der Waals surface area contributed by atoms with Crippen molar-refractivity contribution < 1.29 is 4.79 Å². The molecule has 2 fully saturated rings. The van der Waals surface area contributed by atoms with Crippen molar-refractivity contribution in [3.63, 3.8) is 0 Å². The summed E-state index contributed by atoms with van der Waals surface area (Å²) in [6.45, 7) is 2.88.